The van der Waals surface area contributed by atoms with Crippen molar-refractivity contribution < 1.29 is 29.0 Å². The summed E-state index contributed by atoms with van der Waals surface area (Å²) >= 11 is 0. The number of benzene rings is 1. The number of carbonyl (C=O) groups excluding carboxylic acids is 2. The van der Waals surface area contributed by atoms with Crippen molar-refractivity contribution in [2.45, 2.75) is 20.8 Å². The van der Waals surface area contributed by atoms with Crippen molar-refractivity contribution in [3.8, 4) is 11.5 Å². The molecule has 2 N–H and O–H groups in total. The zero-order valence-electron chi connectivity index (χ0n) is 13.0. The van der Waals surface area contributed by atoms with Crippen LogP contribution in [-0.4, -0.2) is 29.6 Å². The van der Waals surface area contributed by atoms with Crippen molar-refractivity contribution in [3.05, 3.63) is 17.7 Å². The second-order valence-electron chi connectivity index (χ2n) is 6.41. The summed E-state index contributed by atoms with van der Waals surface area (Å²) in [4.78, 5) is 35.4. The molecule has 2 aliphatic rings. The first-order valence-corrected chi connectivity index (χ1v) is 7.21. The number of nitrogens with one attached hydrogen (secondary N) is 1. The van der Waals surface area contributed by atoms with Gasteiger partial charge < -0.3 is 19.9 Å². The van der Waals surface area contributed by atoms with Gasteiger partial charge in [-0.3, -0.25) is 14.4 Å². The molecule has 7 nitrogen and oxygen atoms in total. The summed E-state index contributed by atoms with van der Waals surface area (Å²) in [6, 6.07) is 3.05. The Hall–Kier alpha value is -2.57. The molecule has 0 spiro atoms. The third-order valence-corrected chi connectivity index (χ3v) is 4.53. The van der Waals surface area contributed by atoms with Gasteiger partial charge in [-0.2, -0.15) is 0 Å². The highest BCUT2D eigenvalue weighted by atomic mass is 16.7. The molecular formula is C16H17NO6. The summed E-state index contributed by atoms with van der Waals surface area (Å²) in [5.41, 5.74) is -0.00523. The lowest BCUT2D eigenvalue weighted by Gasteiger charge is -2.11. The number of ketones is 1. The van der Waals surface area contributed by atoms with E-state index >= 15 is 0 Å². The highest BCUT2D eigenvalue weighted by molar-refractivity contribution is 6.06. The van der Waals surface area contributed by atoms with E-state index in [0.29, 0.717) is 22.7 Å². The molecule has 23 heavy (non-hydrogen) atoms. The first-order chi connectivity index (χ1) is 10.7. The normalized spacial score (nSPS) is 23.3. The van der Waals surface area contributed by atoms with Crippen LogP contribution in [0.1, 0.15) is 31.1 Å². The van der Waals surface area contributed by atoms with Crippen molar-refractivity contribution >= 4 is 23.3 Å². The molecule has 3 rings (SSSR count). The monoisotopic (exact) mass is 319 g/mol. The predicted octanol–water partition coefficient (Wildman–Crippen LogP) is 1.91. The number of ether oxygens (including phenoxy) is 2. The standard InChI is InChI=1S/C16H17NO6/c1-7(18)8-4-10-11(23-6-22-10)5-9(8)17-14(19)12-13(15(20)21)16(12,2)3/h4-5,12-13H,6H2,1-3H3,(H,17,19)(H,20,21). The zero-order valence-corrected chi connectivity index (χ0v) is 13.0. The van der Waals surface area contributed by atoms with Crippen LogP contribution in [0.4, 0.5) is 5.69 Å². The fourth-order valence-electron chi connectivity index (χ4n) is 3.14. The fraction of sp³-hybridized carbons (Fsp3) is 0.438. The predicted molar refractivity (Wildman–Crippen MR) is 79.6 cm³/mol. The van der Waals surface area contributed by atoms with Gasteiger partial charge in [0.25, 0.3) is 0 Å². The van der Waals surface area contributed by atoms with Gasteiger partial charge in [0.05, 0.1) is 17.5 Å². The molecule has 1 amide bonds. The summed E-state index contributed by atoms with van der Waals surface area (Å²) < 4.78 is 10.5. The van der Waals surface area contributed by atoms with E-state index in [-0.39, 0.29) is 12.6 Å². The smallest absolute Gasteiger partial charge is 0.307 e. The Bertz CT molecular complexity index is 724. The number of hydrogen-bond acceptors (Lipinski definition) is 5. The summed E-state index contributed by atoms with van der Waals surface area (Å²) in [6.45, 7) is 4.91. The highest BCUT2D eigenvalue weighted by Crippen LogP contribution is 2.58. The molecule has 0 bridgehead atoms. The van der Waals surface area contributed by atoms with E-state index in [1.54, 1.807) is 13.8 Å². The van der Waals surface area contributed by atoms with Crippen molar-refractivity contribution in [2.24, 2.45) is 17.3 Å². The lowest BCUT2D eigenvalue weighted by atomic mass is 10.1. The molecule has 2 atom stereocenters. The Morgan fingerprint density at radius 2 is 1.78 bits per heavy atom. The van der Waals surface area contributed by atoms with Gasteiger partial charge in [0.1, 0.15) is 0 Å². The molecule has 122 valence electrons. The maximum atomic E-state index is 12.4. The van der Waals surface area contributed by atoms with E-state index in [9.17, 15) is 19.5 Å². The Morgan fingerprint density at radius 3 is 2.30 bits per heavy atom. The van der Waals surface area contributed by atoms with Gasteiger partial charge in [-0.1, -0.05) is 13.8 Å². The number of aliphatic carboxylic acids is 1. The van der Waals surface area contributed by atoms with E-state index in [4.69, 9.17) is 9.47 Å². The topological polar surface area (TPSA) is 102 Å². The number of carboxylic acids is 1. The Kier molecular flexibility index (Phi) is 3.31. The molecule has 1 fully saturated rings. The largest absolute Gasteiger partial charge is 0.481 e. The molecule has 1 aromatic carbocycles. The highest BCUT2D eigenvalue weighted by Gasteiger charge is 2.65. The molecule has 7 heteroatoms. The van der Waals surface area contributed by atoms with Crippen LogP contribution in [-0.2, 0) is 9.59 Å². The van der Waals surface area contributed by atoms with Gasteiger partial charge in [-0.05, 0) is 18.4 Å². The number of Topliss-reactive ketones (excluding diaryl/α,β-unsaturated/α-hetero) is 1. The van der Waals surface area contributed by atoms with Crippen molar-refractivity contribution in [1.82, 2.24) is 0 Å². The molecule has 1 aromatic rings. The van der Waals surface area contributed by atoms with Gasteiger partial charge in [0, 0.05) is 11.6 Å². The number of anilines is 1. The second-order valence-corrected chi connectivity index (χ2v) is 6.41. The third kappa shape index (κ3) is 2.42. The quantitative estimate of drug-likeness (QED) is 0.822. The first kappa shape index (κ1) is 15.3. The van der Waals surface area contributed by atoms with Crippen LogP contribution in [0.15, 0.2) is 12.1 Å². The summed E-state index contributed by atoms with van der Waals surface area (Å²) in [5, 5.41) is 11.8. The second kappa shape index (κ2) is 4.97. The zero-order chi connectivity index (χ0) is 16.9. The lowest BCUT2D eigenvalue weighted by molar-refractivity contribution is -0.140. The fourth-order valence-corrected chi connectivity index (χ4v) is 3.14. The van der Waals surface area contributed by atoms with E-state index in [0.717, 1.165) is 0 Å². The van der Waals surface area contributed by atoms with Gasteiger partial charge in [0.2, 0.25) is 12.7 Å². The number of rotatable bonds is 4. The molecule has 0 radical (unpaired) electrons. The average molecular weight is 319 g/mol. The average Bonchev–Trinajstić information content (AvgIpc) is 2.79. The number of hydrogen-bond donors (Lipinski definition) is 2. The van der Waals surface area contributed by atoms with Crippen LogP contribution >= 0.6 is 0 Å². The van der Waals surface area contributed by atoms with Gasteiger partial charge in [0.15, 0.2) is 17.3 Å². The summed E-state index contributed by atoms with van der Waals surface area (Å²) in [5.74, 6) is -2.11. The SMILES string of the molecule is CC(=O)c1cc2c(cc1NC(=O)C1C(C(=O)O)C1(C)C)OCO2. The maximum absolute atomic E-state index is 12.4. The number of fused-ring (bicyclic) bond motifs is 1. The number of carboxylic acid groups (broad SMARTS) is 1. The lowest BCUT2D eigenvalue weighted by Crippen LogP contribution is -2.19. The van der Waals surface area contributed by atoms with Crippen LogP contribution in [0.2, 0.25) is 0 Å². The van der Waals surface area contributed by atoms with Crippen molar-refractivity contribution in [3.63, 3.8) is 0 Å². The van der Waals surface area contributed by atoms with Gasteiger partial charge in [-0.25, -0.2) is 0 Å². The van der Waals surface area contributed by atoms with E-state index in [1.807, 2.05) is 0 Å². The van der Waals surface area contributed by atoms with Crippen LogP contribution in [0, 0.1) is 17.3 Å². The third-order valence-electron chi connectivity index (χ3n) is 4.53. The van der Waals surface area contributed by atoms with Crippen molar-refractivity contribution in [1.29, 1.82) is 0 Å². The minimum absolute atomic E-state index is 0.0564. The molecule has 1 aliphatic heterocycles. The van der Waals surface area contributed by atoms with Crippen LogP contribution in [0.3, 0.4) is 0 Å². The van der Waals surface area contributed by atoms with Crippen molar-refractivity contribution in [2.75, 3.05) is 12.1 Å². The molecule has 2 unspecified atom stereocenters. The molecule has 1 aliphatic carbocycles. The molecule has 1 heterocycles. The molecular weight excluding hydrogens is 302 g/mol. The molecule has 0 saturated heterocycles. The Labute approximate surface area is 132 Å². The van der Waals surface area contributed by atoms with E-state index in [2.05, 4.69) is 5.32 Å². The van der Waals surface area contributed by atoms with Crippen LogP contribution in [0.5, 0.6) is 11.5 Å². The number of carbonyl (C=O) groups is 3. The maximum Gasteiger partial charge on any atom is 0.307 e. The van der Waals surface area contributed by atoms with E-state index in [1.165, 1.54) is 19.1 Å². The number of amides is 1. The minimum Gasteiger partial charge on any atom is -0.481 e. The summed E-state index contributed by atoms with van der Waals surface area (Å²) in [7, 11) is 0. The summed E-state index contributed by atoms with van der Waals surface area (Å²) in [6.07, 6.45) is 0. The van der Waals surface area contributed by atoms with Gasteiger partial charge in [-0.15, -0.1) is 0 Å². The van der Waals surface area contributed by atoms with Gasteiger partial charge >= 0.3 is 5.97 Å². The van der Waals surface area contributed by atoms with E-state index < -0.39 is 29.1 Å². The minimum atomic E-state index is -0.993. The first-order valence-electron chi connectivity index (χ1n) is 7.21. The molecule has 1 saturated carbocycles. The van der Waals surface area contributed by atoms with Crippen LogP contribution < -0.4 is 14.8 Å². The Morgan fingerprint density at radius 1 is 1.17 bits per heavy atom. The van der Waals surface area contributed by atoms with Crippen LogP contribution in [0.25, 0.3) is 0 Å². The molecule has 0 aromatic heterocycles. The Balaban J connectivity index is 1.87.